The van der Waals surface area contributed by atoms with Gasteiger partial charge in [0.05, 0.1) is 0 Å². The van der Waals surface area contributed by atoms with E-state index in [0.717, 1.165) is 11.3 Å². The Bertz CT molecular complexity index is 554. The third-order valence-electron chi connectivity index (χ3n) is 2.41. The van der Waals surface area contributed by atoms with Crippen LogP contribution in [0.15, 0.2) is 36.7 Å². The highest BCUT2D eigenvalue weighted by molar-refractivity contribution is 5.89. The number of rotatable bonds is 3. The summed E-state index contributed by atoms with van der Waals surface area (Å²) in [6.45, 7) is 0.478. The van der Waals surface area contributed by atoms with Gasteiger partial charge >= 0.3 is 5.82 Å². The fourth-order valence-electron chi connectivity index (χ4n) is 1.58. The lowest BCUT2D eigenvalue weighted by molar-refractivity contribution is 0.295. The largest absolute Gasteiger partial charge is 0.470 e. The molecule has 0 fully saturated rings. The maximum atomic E-state index is 5.64. The average Bonchev–Trinajstić information content (AvgIpc) is 2.86. The van der Waals surface area contributed by atoms with Crippen LogP contribution in [-0.2, 0) is 6.61 Å². The molecule has 2 aromatic rings. The summed E-state index contributed by atoms with van der Waals surface area (Å²) in [7, 11) is 0. The zero-order valence-electron chi connectivity index (χ0n) is 9.00. The lowest BCUT2D eigenvalue weighted by atomic mass is 10.2. The Morgan fingerprint density at radius 2 is 2.06 bits per heavy atom. The van der Waals surface area contributed by atoms with Gasteiger partial charge in [0, 0.05) is 0 Å². The van der Waals surface area contributed by atoms with Crippen molar-refractivity contribution in [3.8, 4) is 5.88 Å². The van der Waals surface area contributed by atoms with Gasteiger partial charge in [0.1, 0.15) is 6.61 Å². The van der Waals surface area contributed by atoms with Gasteiger partial charge in [-0.15, -0.1) is 0 Å². The predicted molar refractivity (Wildman–Crippen MR) is 64.3 cm³/mol. The molecule has 83 valence electrons. The van der Waals surface area contributed by atoms with E-state index in [0.29, 0.717) is 18.3 Å². The Morgan fingerprint density at radius 3 is 2.94 bits per heavy atom. The van der Waals surface area contributed by atoms with Crippen molar-refractivity contribution in [3.05, 3.63) is 42.2 Å². The van der Waals surface area contributed by atoms with E-state index in [1.165, 1.54) is 6.33 Å². The second-order valence-corrected chi connectivity index (χ2v) is 3.55. The average molecular weight is 226 g/mol. The van der Waals surface area contributed by atoms with Gasteiger partial charge in [0.15, 0.2) is 6.33 Å². The molecule has 1 aliphatic heterocycles. The maximum Gasteiger partial charge on any atom is 0.343 e. The number of aliphatic imine (C=N–C) groups is 1. The SMILES string of the molecule is C1=[N+]c2ncnc(OCc3ccccc3)c2N1. The lowest BCUT2D eigenvalue weighted by Gasteiger charge is -2.05. The highest BCUT2D eigenvalue weighted by Gasteiger charge is 2.23. The van der Waals surface area contributed by atoms with E-state index in [9.17, 15) is 0 Å². The molecule has 5 nitrogen and oxygen atoms in total. The van der Waals surface area contributed by atoms with Crippen LogP contribution >= 0.6 is 0 Å². The molecule has 1 N–H and O–H groups in total. The summed E-state index contributed by atoms with van der Waals surface area (Å²) < 4.78 is 5.64. The zero-order valence-corrected chi connectivity index (χ0v) is 9.00. The van der Waals surface area contributed by atoms with Crippen LogP contribution < -0.4 is 15.0 Å². The Labute approximate surface area is 98.2 Å². The van der Waals surface area contributed by atoms with Crippen molar-refractivity contribution >= 4 is 17.8 Å². The van der Waals surface area contributed by atoms with E-state index in [4.69, 9.17) is 4.74 Å². The summed E-state index contributed by atoms with van der Waals surface area (Å²) in [4.78, 5) is 12.2. The van der Waals surface area contributed by atoms with Crippen molar-refractivity contribution in [1.29, 1.82) is 0 Å². The first-order valence-electron chi connectivity index (χ1n) is 5.24. The fraction of sp³-hybridized carbons (Fsp3) is 0.0833. The van der Waals surface area contributed by atoms with E-state index in [2.05, 4.69) is 20.3 Å². The predicted octanol–water partition coefficient (Wildman–Crippen LogP) is 1.48. The summed E-state index contributed by atoms with van der Waals surface area (Å²) in [6.07, 6.45) is 3.03. The monoisotopic (exact) mass is 226 g/mol. The molecule has 1 radical (unpaired) electrons. The summed E-state index contributed by atoms with van der Waals surface area (Å²) >= 11 is 0. The van der Waals surface area contributed by atoms with Crippen LogP contribution in [0.4, 0.5) is 11.5 Å². The van der Waals surface area contributed by atoms with Gasteiger partial charge in [0.25, 0.3) is 5.88 Å². The quantitative estimate of drug-likeness (QED) is 0.861. The Balaban J connectivity index is 1.77. The minimum absolute atomic E-state index is 0.478. The first kappa shape index (κ1) is 9.77. The Kier molecular flexibility index (Phi) is 2.42. The fourth-order valence-corrected chi connectivity index (χ4v) is 1.58. The molecule has 0 unspecified atom stereocenters. The Morgan fingerprint density at radius 1 is 1.18 bits per heavy atom. The van der Waals surface area contributed by atoms with Crippen LogP contribution in [-0.4, -0.2) is 16.3 Å². The number of aromatic nitrogens is 2. The summed E-state index contributed by atoms with van der Waals surface area (Å²) in [5.41, 5.74) is 1.82. The molecule has 0 atom stereocenters. The molecule has 1 aromatic carbocycles. The molecule has 0 bridgehead atoms. The van der Waals surface area contributed by atoms with Gasteiger partial charge in [0.2, 0.25) is 12.0 Å². The lowest BCUT2D eigenvalue weighted by Crippen LogP contribution is -2.00. The maximum absolute atomic E-state index is 5.64. The molecule has 3 rings (SSSR count). The molecule has 5 heteroatoms. The minimum Gasteiger partial charge on any atom is -0.470 e. The standard InChI is InChI=1S/C12H10N4O/c1-2-4-9(5-3-1)6-17-12-10-11(14-7-13-10)15-8-16-12/h1-5,7-8,13H,6H2/q+1. The number of nitrogens with zero attached hydrogens (tertiary/aromatic N) is 3. The molecule has 17 heavy (non-hydrogen) atoms. The van der Waals surface area contributed by atoms with Gasteiger partial charge in [-0.05, 0) is 5.56 Å². The van der Waals surface area contributed by atoms with Crippen molar-refractivity contribution in [2.75, 3.05) is 5.32 Å². The highest BCUT2D eigenvalue weighted by atomic mass is 16.5. The highest BCUT2D eigenvalue weighted by Crippen LogP contribution is 2.29. The van der Waals surface area contributed by atoms with Crippen LogP contribution in [0.5, 0.6) is 5.88 Å². The van der Waals surface area contributed by atoms with Crippen molar-refractivity contribution in [3.63, 3.8) is 0 Å². The van der Waals surface area contributed by atoms with E-state index in [-0.39, 0.29) is 0 Å². The van der Waals surface area contributed by atoms with Crippen LogP contribution in [0.2, 0.25) is 0 Å². The molecular formula is C12H10N4O+. The van der Waals surface area contributed by atoms with Crippen LogP contribution in [0, 0.1) is 0 Å². The van der Waals surface area contributed by atoms with Crippen LogP contribution in [0.1, 0.15) is 5.56 Å². The van der Waals surface area contributed by atoms with E-state index in [1.54, 1.807) is 6.34 Å². The number of fused-ring (bicyclic) bond motifs is 1. The summed E-state index contributed by atoms with van der Waals surface area (Å²) in [5.74, 6) is 1.14. The number of nitrogens with one attached hydrogen (secondary N) is 1. The number of ether oxygens (including phenoxy) is 1. The molecular weight excluding hydrogens is 216 g/mol. The number of hydrogen-bond donors (Lipinski definition) is 1. The van der Waals surface area contributed by atoms with Gasteiger partial charge in [-0.3, -0.25) is 5.32 Å². The van der Waals surface area contributed by atoms with E-state index >= 15 is 0 Å². The molecule has 0 amide bonds. The van der Waals surface area contributed by atoms with Crippen molar-refractivity contribution in [2.45, 2.75) is 6.61 Å². The van der Waals surface area contributed by atoms with Gasteiger partial charge in [-0.25, -0.2) is 0 Å². The van der Waals surface area contributed by atoms with E-state index in [1.807, 2.05) is 30.3 Å². The summed E-state index contributed by atoms with van der Waals surface area (Å²) in [5, 5.41) is 2.96. The molecule has 1 aliphatic rings. The van der Waals surface area contributed by atoms with Crippen LogP contribution in [0.3, 0.4) is 0 Å². The second kappa shape index (κ2) is 4.21. The second-order valence-electron chi connectivity index (χ2n) is 3.55. The number of benzene rings is 1. The Hall–Kier alpha value is -2.43. The molecule has 0 aliphatic carbocycles. The zero-order chi connectivity index (χ0) is 11.5. The molecule has 1 aromatic heterocycles. The number of hydrogen-bond acceptors (Lipinski definition) is 5. The van der Waals surface area contributed by atoms with Gasteiger partial charge < -0.3 is 4.74 Å². The summed E-state index contributed by atoms with van der Waals surface area (Å²) in [6, 6.07) is 9.94. The smallest absolute Gasteiger partial charge is 0.343 e. The molecule has 0 saturated carbocycles. The van der Waals surface area contributed by atoms with E-state index < -0.39 is 0 Å². The molecule has 2 heterocycles. The normalized spacial score (nSPS) is 12.0. The van der Waals surface area contributed by atoms with Crippen LogP contribution in [0.25, 0.3) is 0 Å². The topological polar surface area (TPSA) is 61.1 Å². The third kappa shape index (κ3) is 1.94. The minimum atomic E-state index is 0.478. The first-order valence-corrected chi connectivity index (χ1v) is 5.24. The van der Waals surface area contributed by atoms with Crippen molar-refractivity contribution in [1.82, 2.24) is 15.0 Å². The molecule has 0 spiro atoms. The molecule has 0 saturated heterocycles. The number of anilines is 1. The van der Waals surface area contributed by atoms with Gasteiger partial charge in [-0.1, -0.05) is 40.3 Å². The first-order chi connectivity index (χ1) is 8.43. The van der Waals surface area contributed by atoms with Crippen molar-refractivity contribution < 1.29 is 4.74 Å². The van der Waals surface area contributed by atoms with Gasteiger partial charge in [-0.2, -0.15) is 4.98 Å². The van der Waals surface area contributed by atoms with Crippen molar-refractivity contribution in [2.24, 2.45) is 0 Å². The third-order valence-corrected chi connectivity index (χ3v) is 2.41.